The lowest BCUT2D eigenvalue weighted by Crippen LogP contribution is -2.04. The maximum Gasteiger partial charge on any atom is 0.119 e. The first kappa shape index (κ1) is 18.8. The van der Waals surface area contributed by atoms with Gasteiger partial charge in [-0.15, -0.1) is 0 Å². The van der Waals surface area contributed by atoms with Crippen molar-refractivity contribution in [1.29, 1.82) is 0 Å². The number of benzene rings is 2. The third kappa shape index (κ3) is 5.82. The summed E-state index contributed by atoms with van der Waals surface area (Å²) in [5, 5.41) is 12.9. The van der Waals surface area contributed by atoms with Crippen molar-refractivity contribution in [1.82, 2.24) is 0 Å². The number of oxime groups is 1. The lowest BCUT2D eigenvalue weighted by atomic mass is 10.0. The zero-order valence-electron chi connectivity index (χ0n) is 15.1. The maximum atomic E-state index is 9.40. The zero-order chi connectivity index (χ0) is 17.9. The Morgan fingerprint density at radius 1 is 0.840 bits per heavy atom. The van der Waals surface area contributed by atoms with Gasteiger partial charge >= 0.3 is 0 Å². The molecule has 2 aromatic rings. The first-order valence-corrected chi connectivity index (χ1v) is 8.88. The largest absolute Gasteiger partial charge is 0.497 e. The standard InChI is InChI=1S/C21H27NO3/c1-3-4-5-6-7-16-25-20-14-10-18(11-15-20)21(22-23)17-8-12-19(24-2)13-9-17/h8-15,23H,3-7,16H2,1-2H3/b22-21-. The van der Waals surface area contributed by atoms with Gasteiger partial charge in [0.05, 0.1) is 13.7 Å². The zero-order valence-corrected chi connectivity index (χ0v) is 15.1. The van der Waals surface area contributed by atoms with Crippen molar-refractivity contribution in [2.45, 2.75) is 39.0 Å². The summed E-state index contributed by atoms with van der Waals surface area (Å²) in [6, 6.07) is 15.1. The molecule has 0 aromatic heterocycles. The van der Waals surface area contributed by atoms with Gasteiger partial charge in [0.15, 0.2) is 0 Å². The molecule has 0 atom stereocenters. The molecule has 1 N–H and O–H groups in total. The van der Waals surface area contributed by atoms with Gasteiger partial charge in [-0.1, -0.05) is 37.8 Å². The average Bonchev–Trinajstić information content (AvgIpc) is 2.67. The van der Waals surface area contributed by atoms with E-state index in [1.54, 1.807) is 7.11 Å². The van der Waals surface area contributed by atoms with Crippen molar-refractivity contribution in [3.05, 3.63) is 59.7 Å². The van der Waals surface area contributed by atoms with Crippen LogP contribution < -0.4 is 9.47 Å². The summed E-state index contributed by atoms with van der Waals surface area (Å²) in [5.41, 5.74) is 2.18. The van der Waals surface area contributed by atoms with Crippen LogP contribution >= 0.6 is 0 Å². The molecular weight excluding hydrogens is 314 g/mol. The summed E-state index contributed by atoms with van der Waals surface area (Å²) in [4.78, 5) is 0. The second-order valence-corrected chi connectivity index (χ2v) is 5.96. The molecule has 4 nitrogen and oxygen atoms in total. The van der Waals surface area contributed by atoms with E-state index in [9.17, 15) is 5.21 Å². The van der Waals surface area contributed by atoms with E-state index in [-0.39, 0.29) is 0 Å². The van der Waals surface area contributed by atoms with Crippen LogP contribution in [0.5, 0.6) is 11.5 Å². The van der Waals surface area contributed by atoms with E-state index in [4.69, 9.17) is 9.47 Å². The topological polar surface area (TPSA) is 51.0 Å². The Labute approximate surface area is 150 Å². The van der Waals surface area contributed by atoms with Gasteiger partial charge in [0.25, 0.3) is 0 Å². The fourth-order valence-corrected chi connectivity index (χ4v) is 2.64. The number of unbranched alkanes of at least 4 members (excludes halogenated alkanes) is 4. The highest BCUT2D eigenvalue weighted by atomic mass is 16.5. The number of nitrogens with zero attached hydrogens (tertiary/aromatic N) is 1. The van der Waals surface area contributed by atoms with E-state index in [2.05, 4.69) is 12.1 Å². The van der Waals surface area contributed by atoms with Crippen LogP contribution in [0.3, 0.4) is 0 Å². The summed E-state index contributed by atoms with van der Waals surface area (Å²) in [5.74, 6) is 1.61. The second kappa shape index (κ2) is 10.4. The van der Waals surface area contributed by atoms with Gasteiger partial charge in [0.1, 0.15) is 17.2 Å². The normalized spacial score (nSPS) is 11.4. The Hall–Kier alpha value is -2.49. The summed E-state index contributed by atoms with van der Waals surface area (Å²) in [7, 11) is 1.62. The van der Waals surface area contributed by atoms with Crippen molar-refractivity contribution in [3.8, 4) is 11.5 Å². The summed E-state index contributed by atoms with van der Waals surface area (Å²) in [6.45, 7) is 2.95. The van der Waals surface area contributed by atoms with Crippen molar-refractivity contribution < 1.29 is 14.7 Å². The molecule has 25 heavy (non-hydrogen) atoms. The van der Waals surface area contributed by atoms with Gasteiger partial charge in [0.2, 0.25) is 0 Å². The van der Waals surface area contributed by atoms with Gasteiger partial charge in [-0.3, -0.25) is 0 Å². The summed E-state index contributed by atoms with van der Waals surface area (Å²) >= 11 is 0. The third-order valence-corrected chi connectivity index (χ3v) is 4.11. The molecule has 0 aliphatic rings. The molecule has 0 amide bonds. The highest BCUT2D eigenvalue weighted by Gasteiger charge is 2.08. The molecule has 0 unspecified atom stereocenters. The minimum Gasteiger partial charge on any atom is -0.497 e. The molecule has 0 bridgehead atoms. The molecule has 0 saturated heterocycles. The minimum atomic E-state index is 0.522. The molecule has 0 radical (unpaired) electrons. The van der Waals surface area contributed by atoms with Crippen molar-refractivity contribution in [3.63, 3.8) is 0 Å². The van der Waals surface area contributed by atoms with Crippen LogP contribution in [-0.2, 0) is 0 Å². The van der Waals surface area contributed by atoms with Gasteiger partial charge < -0.3 is 14.7 Å². The Balaban J connectivity index is 1.93. The lowest BCUT2D eigenvalue weighted by molar-refractivity contribution is 0.304. The van der Waals surface area contributed by atoms with Crippen LogP contribution in [0, 0.1) is 0 Å². The molecule has 0 spiro atoms. The van der Waals surface area contributed by atoms with Gasteiger partial charge in [-0.05, 0) is 55.0 Å². The van der Waals surface area contributed by atoms with E-state index in [0.717, 1.165) is 35.7 Å². The predicted octanol–water partition coefficient (Wildman–Crippen LogP) is 5.27. The van der Waals surface area contributed by atoms with E-state index >= 15 is 0 Å². The molecular formula is C21H27NO3. The predicted molar refractivity (Wildman–Crippen MR) is 101 cm³/mol. The minimum absolute atomic E-state index is 0.522. The molecule has 134 valence electrons. The molecule has 0 aliphatic carbocycles. The lowest BCUT2D eigenvalue weighted by Gasteiger charge is -2.09. The van der Waals surface area contributed by atoms with E-state index < -0.39 is 0 Å². The molecule has 0 saturated carbocycles. The van der Waals surface area contributed by atoms with Crippen LogP contribution in [0.4, 0.5) is 0 Å². The van der Waals surface area contributed by atoms with E-state index in [1.165, 1.54) is 25.7 Å². The molecule has 2 rings (SSSR count). The molecule has 4 heteroatoms. The molecule has 2 aromatic carbocycles. The Morgan fingerprint density at radius 2 is 1.40 bits per heavy atom. The Morgan fingerprint density at radius 3 is 1.92 bits per heavy atom. The smallest absolute Gasteiger partial charge is 0.119 e. The van der Waals surface area contributed by atoms with Gasteiger partial charge in [0, 0.05) is 11.1 Å². The first-order valence-electron chi connectivity index (χ1n) is 8.88. The molecule has 0 heterocycles. The van der Waals surface area contributed by atoms with E-state index in [0.29, 0.717) is 5.71 Å². The highest BCUT2D eigenvalue weighted by molar-refractivity contribution is 6.12. The third-order valence-electron chi connectivity index (χ3n) is 4.11. The number of hydrogen-bond donors (Lipinski definition) is 1. The van der Waals surface area contributed by atoms with Crippen molar-refractivity contribution >= 4 is 5.71 Å². The average molecular weight is 341 g/mol. The number of ether oxygens (including phenoxy) is 2. The van der Waals surface area contributed by atoms with Crippen LogP contribution in [0.2, 0.25) is 0 Å². The van der Waals surface area contributed by atoms with Crippen molar-refractivity contribution in [2.75, 3.05) is 13.7 Å². The van der Waals surface area contributed by atoms with Crippen molar-refractivity contribution in [2.24, 2.45) is 5.16 Å². The van der Waals surface area contributed by atoms with Crippen LogP contribution in [0.15, 0.2) is 53.7 Å². The van der Waals surface area contributed by atoms with Crippen LogP contribution in [0.1, 0.15) is 50.2 Å². The molecule has 0 fully saturated rings. The number of methoxy groups -OCH3 is 1. The monoisotopic (exact) mass is 341 g/mol. The SMILES string of the molecule is CCCCCCCOc1ccc(/C(=N\O)c2ccc(OC)cc2)cc1. The molecule has 0 aliphatic heterocycles. The first-order chi connectivity index (χ1) is 12.3. The fraction of sp³-hybridized carbons (Fsp3) is 0.381. The quantitative estimate of drug-likeness (QED) is 0.277. The Bertz CT molecular complexity index is 648. The summed E-state index contributed by atoms with van der Waals surface area (Å²) in [6.07, 6.45) is 6.12. The Kier molecular flexibility index (Phi) is 7.83. The number of rotatable bonds is 10. The van der Waals surface area contributed by atoms with E-state index in [1.807, 2.05) is 48.5 Å². The number of hydrogen-bond acceptors (Lipinski definition) is 4. The van der Waals surface area contributed by atoms with Gasteiger partial charge in [-0.2, -0.15) is 0 Å². The fourth-order valence-electron chi connectivity index (χ4n) is 2.64. The summed E-state index contributed by atoms with van der Waals surface area (Å²) < 4.78 is 10.9. The highest BCUT2D eigenvalue weighted by Crippen LogP contribution is 2.19. The maximum absolute atomic E-state index is 9.40. The second-order valence-electron chi connectivity index (χ2n) is 5.96. The van der Waals surface area contributed by atoms with Crippen LogP contribution in [-0.4, -0.2) is 24.6 Å². The van der Waals surface area contributed by atoms with Gasteiger partial charge in [-0.25, -0.2) is 0 Å². The van der Waals surface area contributed by atoms with Crippen LogP contribution in [0.25, 0.3) is 0 Å².